The fourth-order valence-corrected chi connectivity index (χ4v) is 1.40. The van der Waals surface area contributed by atoms with E-state index in [1.807, 2.05) is 13.8 Å². The zero-order valence-electron chi connectivity index (χ0n) is 9.94. The fourth-order valence-electron chi connectivity index (χ4n) is 1.27. The van der Waals surface area contributed by atoms with Gasteiger partial charge in [0.2, 0.25) is 5.91 Å². The van der Waals surface area contributed by atoms with E-state index in [0.717, 1.165) is 6.42 Å². The molecule has 3 nitrogen and oxygen atoms in total. The standard InChI is InChI=1S/C12H17ClN2O.ClH/c1-3-8(2)11(14)12(16)15-10-6-4-9(13)5-7-10;/h4-8,11H,3,14H2,1-2H3,(H,15,16);1H. The summed E-state index contributed by atoms with van der Waals surface area (Å²) in [5.41, 5.74) is 6.53. The molecule has 1 amide bonds. The molecule has 0 saturated heterocycles. The van der Waals surface area contributed by atoms with Gasteiger partial charge in [-0.3, -0.25) is 4.79 Å². The first-order valence-corrected chi connectivity index (χ1v) is 5.74. The van der Waals surface area contributed by atoms with E-state index in [1.165, 1.54) is 0 Å². The largest absolute Gasteiger partial charge is 0.325 e. The van der Waals surface area contributed by atoms with Gasteiger partial charge in [-0.15, -0.1) is 12.4 Å². The number of benzene rings is 1. The average molecular weight is 277 g/mol. The Kier molecular flexibility index (Phi) is 7.19. The van der Waals surface area contributed by atoms with Crippen molar-refractivity contribution in [2.45, 2.75) is 26.3 Å². The van der Waals surface area contributed by atoms with E-state index in [9.17, 15) is 4.79 Å². The second-order valence-corrected chi connectivity index (χ2v) is 4.34. The van der Waals surface area contributed by atoms with Crippen LogP contribution in [0.5, 0.6) is 0 Å². The molecule has 96 valence electrons. The summed E-state index contributed by atoms with van der Waals surface area (Å²) in [6, 6.07) is 6.49. The molecule has 0 fully saturated rings. The van der Waals surface area contributed by atoms with Gasteiger partial charge in [0.1, 0.15) is 0 Å². The number of nitrogens with one attached hydrogen (secondary N) is 1. The minimum atomic E-state index is -0.472. The first kappa shape index (κ1) is 16.2. The quantitative estimate of drug-likeness (QED) is 0.888. The molecule has 1 aromatic carbocycles. The Balaban J connectivity index is 0.00000256. The van der Waals surface area contributed by atoms with Gasteiger partial charge in [0.15, 0.2) is 0 Å². The van der Waals surface area contributed by atoms with Crippen LogP contribution in [0.25, 0.3) is 0 Å². The Morgan fingerprint density at radius 1 is 1.41 bits per heavy atom. The van der Waals surface area contributed by atoms with Crippen LogP contribution >= 0.6 is 24.0 Å². The minimum absolute atomic E-state index is 0. The van der Waals surface area contributed by atoms with Crippen LogP contribution < -0.4 is 11.1 Å². The second-order valence-electron chi connectivity index (χ2n) is 3.91. The van der Waals surface area contributed by atoms with Gasteiger partial charge in [0.25, 0.3) is 0 Å². The average Bonchev–Trinajstić information content (AvgIpc) is 2.30. The third-order valence-electron chi connectivity index (χ3n) is 2.67. The molecule has 0 aliphatic heterocycles. The maximum atomic E-state index is 11.7. The van der Waals surface area contributed by atoms with E-state index in [4.69, 9.17) is 17.3 Å². The molecule has 2 atom stereocenters. The van der Waals surface area contributed by atoms with Crippen LogP contribution in [0.15, 0.2) is 24.3 Å². The first-order valence-electron chi connectivity index (χ1n) is 5.36. The number of carbonyl (C=O) groups is 1. The molecule has 2 unspecified atom stereocenters. The maximum absolute atomic E-state index is 11.7. The zero-order chi connectivity index (χ0) is 12.1. The molecule has 0 aromatic heterocycles. The van der Waals surface area contributed by atoms with E-state index < -0.39 is 6.04 Å². The fraction of sp³-hybridized carbons (Fsp3) is 0.417. The van der Waals surface area contributed by atoms with Gasteiger partial charge in [-0.1, -0.05) is 31.9 Å². The van der Waals surface area contributed by atoms with Crippen molar-refractivity contribution in [2.75, 3.05) is 5.32 Å². The van der Waals surface area contributed by atoms with Crippen LogP contribution in [0.4, 0.5) is 5.69 Å². The summed E-state index contributed by atoms with van der Waals surface area (Å²) in [4.78, 5) is 11.7. The Hall–Kier alpha value is -0.770. The summed E-state index contributed by atoms with van der Waals surface area (Å²) in [6.45, 7) is 3.98. The van der Waals surface area contributed by atoms with Gasteiger partial charge >= 0.3 is 0 Å². The molecule has 17 heavy (non-hydrogen) atoms. The molecule has 0 heterocycles. The molecule has 3 N–H and O–H groups in total. The number of halogens is 2. The Morgan fingerprint density at radius 2 is 1.94 bits per heavy atom. The molecule has 0 saturated carbocycles. The van der Waals surface area contributed by atoms with Gasteiger partial charge in [0, 0.05) is 10.7 Å². The summed E-state index contributed by atoms with van der Waals surface area (Å²) >= 11 is 5.75. The highest BCUT2D eigenvalue weighted by Crippen LogP contribution is 2.14. The number of anilines is 1. The van der Waals surface area contributed by atoms with Crippen LogP contribution in [0.2, 0.25) is 5.02 Å². The lowest BCUT2D eigenvalue weighted by molar-refractivity contribution is -0.118. The molecule has 0 aliphatic carbocycles. The molecular weight excluding hydrogens is 259 g/mol. The highest BCUT2D eigenvalue weighted by Gasteiger charge is 2.19. The third kappa shape index (κ3) is 4.94. The van der Waals surface area contributed by atoms with Crippen molar-refractivity contribution < 1.29 is 4.79 Å². The van der Waals surface area contributed by atoms with Crippen molar-refractivity contribution >= 4 is 35.6 Å². The molecule has 0 spiro atoms. The van der Waals surface area contributed by atoms with Crippen LogP contribution in [0.3, 0.4) is 0 Å². The van der Waals surface area contributed by atoms with Gasteiger partial charge in [-0.05, 0) is 30.2 Å². The predicted octanol–water partition coefficient (Wildman–Crippen LogP) is 3.07. The number of hydrogen-bond donors (Lipinski definition) is 2. The monoisotopic (exact) mass is 276 g/mol. The lowest BCUT2D eigenvalue weighted by atomic mass is 9.99. The lowest BCUT2D eigenvalue weighted by Crippen LogP contribution is -2.40. The molecule has 1 rings (SSSR count). The molecule has 0 aliphatic rings. The lowest BCUT2D eigenvalue weighted by Gasteiger charge is -2.17. The number of nitrogens with two attached hydrogens (primary N) is 1. The summed E-state index contributed by atoms with van der Waals surface area (Å²) in [7, 11) is 0. The van der Waals surface area contributed by atoms with Crippen molar-refractivity contribution in [3.63, 3.8) is 0 Å². The molecule has 1 aromatic rings. The van der Waals surface area contributed by atoms with Crippen molar-refractivity contribution in [1.82, 2.24) is 0 Å². The third-order valence-corrected chi connectivity index (χ3v) is 2.92. The molecule has 0 bridgehead atoms. The van der Waals surface area contributed by atoms with Gasteiger partial charge in [-0.25, -0.2) is 0 Å². The van der Waals surface area contributed by atoms with Crippen LogP contribution in [0, 0.1) is 5.92 Å². The van der Waals surface area contributed by atoms with E-state index in [2.05, 4.69) is 5.32 Å². The van der Waals surface area contributed by atoms with Crippen LogP contribution in [-0.2, 0) is 4.79 Å². The zero-order valence-corrected chi connectivity index (χ0v) is 11.5. The highest BCUT2D eigenvalue weighted by atomic mass is 35.5. The minimum Gasteiger partial charge on any atom is -0.325 e. The second kappa shape index (κ2) is 7.54. The number of carbonyl (C=O) groups excluding carboxylic acids is 1. The maximum Gasteiger partial charge on any atom is 0.241 e. The van der Waals surface area contributed by atoms with Gasteiger partial charge < -0.3 is 11.1 Å². The molecular formula is C12H18Cl2N2O. The number of rotatable bonds is 4. The summed E-state index contributed by atoms with van der Waals surface area (Å²) in [5.74, 6) is 0.0176. The van der Waals surface area contributed by atoms with Gasteiger partial charge in [-0.2, -0.15) is 0 Å². The van der Waals surface area contributed by atoms with Crippen LogP contribution in [0.1, 0.15) is 20.3 Å². The van der Waals surface area contributed by atoms with E-state index in [0.29, 0.717) is 10.7 Å². The van der Waals surface area contributed by atoms with Crippen molar-refractivity contribution in [2.24, 2.45) is 11.7 Å². The molecule has 0 radical (unpaired) electrons. The summed E-state index contributed by atoms with van der Waals surface area (Å²) < 4.78 is 0. The normalized spacial score (nSPS) is 13.4. The van der Waals surface area contributed by atoms with Crippen LogP contribution in [-0.4, -0.2) is 11.9 Å². The van der Waals surface area contributed by atoms with Crippen molar-refractivity contribution in [1.29, 1.82) is 0 Å². The summed E-state index contributed by atoms with van der Waals surface area (Å²) in [6.07, 6.45) is 0.884. The Labute approximate surface area is 113 Å². The predicted molar refractivity (Wildman–Crippen MR) is 74.8 cm³/mol. The SMILES string of the molecule is CCC(C)C(N)C(=O)Nc1ccc(Cl)cc1.Cl. The number of hydrogen-bond acceptors (Lipinski definition) is 2. The Morgan fingerprint density at radius 3 is 2.41 bits per heavy atom. The topological polar surface area (TPSA) is 55.1 Å². The van der Waals surface area contributed by atoms with Gasteiger partial charge in [0.05, 0.1) is 6.04 Å². The van der Waals surface area contributed by atoms with E-state index >= 15 is 0 Å². The highest BCUT2D eigenvalue weighted by molar-refractivity contribution is 6.30. The smallest absolute Gasteiger partial charge is 0.241 e. The van der Waals surface area contributed by atoms with Crippen molar-refractivity contribution in [3.8, 4) is 0 Å². The number of amides is 1. The first-order chi connectivity index (χ1) is 7.54. The molecule has 5 heteroatoms. The van der Waals surface area contributed by atoms with Crippen molar-refractivity contribution in [3.05, 3.63) is 29.3 Å². The van der Waals surface area contributed by atoms with E-state index in [1.54, 1.807) is 24.3 Å². The Bertz CT molecular complexity index is 354. The summed E-state index contributed by atoms with van der Waals surface area (Å²) in [5, 5.41) is 3.40. The van der Waals surface area contributed by atoms with E-state index in [-0.39, 0.29) is 24.2 Å².